The minimum absolute atomic E-state index is 0.0779. The van der Waals surface area contributed by atoms with Gasteiger partial charge < -0.3 is 15.4 Å². The molecule has 8 heteroatoms. The normalized spacial score (nSPS) is 20.8. The van der Waals surface area contributed by atoms with Gasteiger partial charge in [-0.3, -0.25) is 4.79 Å². The van der Waals surface area contributed by atoms with Gasteiger partial charge in [-0.05, 0) is 36.2 Å². The molecule has 0 saturated carbocycles. The van der Waals surface area contributed by atoms with Crippen molar-refractivity contribution in [1.82, 2.24) is 15.4 Å². The van der Waals surface area contributed by atoms with Crippen LogP contribution in [0.25, 0.3) is 0 Å². The zero-order chi connectivity index (χ0) is 15.6. The minimum atomic E-state index is -3.69. The first-order valence-corrected chi connectivity index (χ1v) is 8.72. The lowest BCUT2D eigenvalue weighted by atomic mass is 10.1. The van der Waals surface area contributed by atoms with Gasteiger partial charge in [-0.25, -0.2) is 13.1 Å². The van der Waals surface area contributed by atoms with Crippen molar-refractivity contribution in [3.05, 3.63) is 29.3 Å². The van der Waals surface area contributed by atoms with E-state index in [2.05, 4.69) is 15.4 Å². The van der Waals surface area contributed by atoms with E-state index in [0.717, 1.165) is 30.6 Å². The molecule has 1 saturated heterocycles. The van der Waals surface area contributed by atoms with Crippen molar-refractivity contribution in [3.63, 3.8) is 0 Å². The Kier molecular flexibility index (Phi) is 4.44. The smallest absolute Gasteiger partial charge is 0.241 e. The van der Waals surface area contributed by atoms with Crippen LogP contribution in [0.5, 0.6) is 0 Å². The summed E-state index contributed by atoms with van der Waals surface area (Å²) in [4.78, 5) is 11.9. The first-order valence-electron chi connectivity index (χ1n) is 7.24. The number of benzene rings is 1. The third kappa shape index (κ3) is 3.46. The first-order chi connectivity index (χ1) is 10.5. The predicted octanol–water partition coefficient (Wildman–Crippen LogP) is -0.527. The van der Waals surface area contributed by atoms with Gasteiger partial charge in [0.05, 0.1) is 24.7 Å². The van der Waals surface area contributed by atoms with Crippen LogP contribution in [-0.4, -0.2) is 40.0 Å². The summed E-state index contributed by atoms with van der Waals surface area (Å²) in [6, 6.07) is 4.97. The summed E-state index contributed by atoms with van der Waals surface area (Å²) in [7, 11) is -3.69. The van der Waals surface area contributed by atoms with Crippen LogP contribution in [0.15, 0.2) is 23.1 Å². The van der Waals surface area contributed by atoms with Gasteiger partial charge >= 0.3 is 0 Å². The first kappa shape index (κ1) is 15.4. The molecule has 120 valence electrons. The number of fused-ring (bicyclic) bond motifs is 1. The van der Waals surface area contributed by atoms with Gasteiger partial charge in [-0.1, -0.05) is 6.07 Å². The van der Waals surface area contributed by atoms with Crippen LogP contribution in [0.4, 0.5) is 0 Å². The Morgan fingerprint density at radius 1 is 1.32 bits per heavy atom. The topological polar surface area (TPSA) is 96.5 Å². The lowest BCUT2D eigenvalue weighted by Gasteiger charge is -2.12. The van der Waals surface area contributed by atoms with Crippen molar-refractivity contribution in [1.29, 1.82) is 0 Å². The molecule has 3 rings (SSSR count). The van der Waals surface area contributed by atoms with Crippen LogP contribution < -0.4 is 15.4 Å². The number of hydrogen-bond acceptors (Lipinski definition) is 5. The van der Waals surface area contributed by atoms with Crippen LogP contribution in [0.1, 0.15) is 17.5 Å². The monoisotopic (exact) mass is 325 g/mol. The molecule has 2 heterocycles. The zero-order valence-corrected chi connectivity index (χ0v) is 12.9. The standard InChI is InChI=1S/C14H19N3O4S/c18-14(17-12-3-4-15-6-12)7-16-22(19,20)13-2-1-10-8-21-9-11(10)5-13/h1-2,5,12,15-16H,3-4,6-9H2,(H,17,18). The molecule has 7 nitrogen and oxygen atoms in total. The van der Waals surface area contributed by atoms with Gasteiger partial charge in [0.1, 0.15) is 0 Å². The third-order valence-electron chi connectivity index (χ3n) is 3.85. The molecule has 1 fully saturated rings. The summed E-state index contributed by atoms with van der Waals surface area (Å²) in [5.74, 6) is -0.318. The predicted molar refractivity (Wildman–Crippen MR) is 79.5 cm³/mol. The summed E-state index contributed by atoms with van der Waals surface area (Å²) in [5, 5.41) is 5.93. The highest BCUT2D eigenvalue weighted by atomic mass is 32.2. The second kappa shape index (κ2) is 6.33. The van der Waals surface area contributed by atoms with Gasteiger partial charge in [-0.15, -0.1) is 0 Å². The van der Waals surface area contributed by atoms with Crippen molar-refractivity contribution in [2.75, 3.05) is 19.6 Å². The number of ether oxygens (including phenoxy) is 1. The molecule has 1 unspecified atom stereocenters. The van der Waals surface area contributed by atoms with Crippen LogP contribution in [0.2, 0.25) is 0 Å². The zero-order valence-electron chi connectivity index (χ0n) is 12.1. The Morgan fingerprint density at radius 3 is 2.91 bits per heavy atom. The molecule has 1 atom stereocenters. The molecular weight excluding hydrogens is 306 g/mol. The van der Waals surface area contributed by atoms with Crippen LogP contribution in [0, 0.1) is 0 Å². The average molecular weight is 325 g/mol. The SMILES string of the molecule is O=C(CNS(=O)(=O)c1ccc2c(c1)COC2)NC1CCNC1. The van der Waals surface area contributed by atoms with Gasteiger partial charge in [0, 0.05) is 12.6 Å². The Labute approximate surface area is 129 Å². The molecule has 22 heavy (non-hydrogen) atoms. The molecule has 1 amide bonds. The maximum Gasteiger partial charge on any atom is 0.241 e. The van der Waals surface area contributed by atoms with E-state index in [0.29, 0.717) is 13.2 Å². The van der Waals surface area contributed by atoms with E-state index in [1.807, 2.05) is 0 Å². The summed E-state index contributed by atoms with van der Waals surface area (Å²) >= 11 is 0. The van der Waals surface area contributed by atoms with Gasteiger partial charge in [0.2, 0.25) is 15.9 Å². The largest absolute Gasteiger partial charge is 0.372 e. The lowest BCUT2D eigenvalue weighted by molar-refractivity contribution is -0.120. The Balaban J connectivity index is 1.59. The number of nitrogens with one attached hydrogen (secondary N) is 3. The Morgan fingerprint density at radius 2 is 2.14 bits per heavy atom. The molecule has 3 N–H and O–H groups in total. The fourth-order valence-corrected chi connectivity index (χ4v) is 3.65. The Bertz CT molecular complexity index is 669. The fourth-order valence-electron chi connectivity index (χ4n) is 2.62. The summed E-state index contributed by atoms with van der Waals surface area (Å²) in [5.41, 5.74) is 1.88. The maximum absolute atomic E-state index is 12.2. The van der Waals surface area contributed by atoms with E-state index >= 15 is 0 Å². The maximum atomic E-state index is 12.2. The summed E-state index contributed by atoms with van der Waals surface area (Å²) in [6.45, 7) is 2.28. The minimum Gasteiger partial charge on any atom is -0.372 e. The molecular formula is C14H19N3O4S. The molecule has 2 aliphatic rings. The molecule has 1 aromatic rings. The van der Waals surface area contributed by atoms with Gasteiger partial charge in [-0.2, -0.15) is 0 Å². The Hall–Kier alpha value is -1.48. The number of carbonyl (C=O) groups is 1. The van der Waals surface area contributed by atoms with Gasteiger partial charge in [0.15, 0.2) is 0 Å². The van der Waals surface area contributed by atoms with Crippen LogP contribution in [-0.2, 0) is 32.8 Å². The van der Waals surface area contributed by atoms with E-state index in [4.69, 9.17) is 4.74 Å². The number of sulfonamides is 1. The highest BCUT2D eigenvalue weighted by Crippen LogP contribution is 2.22. The van der Waals surface area contributed by atoms with Gasteiger partial charge in [0.25, 0.3) is 0 Å². The van der Waals surface area contributed by atoms with Crippen LogP contribution >= 0.6 is 0 Å². The van der Waals surface area contributed by atoms with E-state index in [9.17, 15) is 13.2 Å². The molecule has 0 radical (unpaired) electrons. The molecule has 0 spiro atoms. The highest BCUT2D eigenvalue weighted by molar-refractivity contribution is 7.89. The summed E-state index contributed by atoms with van der Waals surface area (Å²) < 4.78 is 32.1. The lowest BCUT2D eigenvalue weighted by Crippen LogP contribution is -2.42. The number of carbonyl (C=O) groups excluding carboxylic acids is 1. The quantitative estimate of drug-likeness (QED) is 0.676. The molecule has 0 bridgehead atoms. The molecule has 0 aliphatic carbocycles. The molecule has 0 aromatic heterocycles. The van der Waals surface area contributed by atoms with Crippen molar-refractivity contribution >= 4 is 15.9 Å². The van der Waals surface area contributed by atoms with Crippen molar-refractivity contribution < 1.29 is 17.9 Å². The van der Waals surface area contributed by atoms with E-state index < -0.39 is 10.0 Å². The second-order valence-electron chi connectivity index (χ2n) is 5.51. The van der Waals surface area contributed by atoms with Crippen molar-refractivity contribution in [2.45, 2.75) is 30.6 Å². The number of amides is 1. The average Bonchev–Trinajstić information content (AvgIpc) is 3.15. The van der Waals surface area contributed by atoms with E-state index in [-0.39, 0.29) is 23.4 Å². The van der Waals surface area contributed by atoms with E-state index in [1.165, 1.54) is 6.07 Å². The van der Waals surface area contributed by atoms with Crippen molar-refractivity contribution in [2.24, 2.45) is 0 Å². The summed E-state index contributed by atoms with van der Waals surface area (Å²) in [6.07, 6.45) is 0.864. The van der Waals surface area contributed by atoms with Crippen molar-refractivity contribution in [3.8, 4) is 0 Å². The van der Waals surface area contributed by atoms with E-state index in [1.54, 1.807) is 12.1 Å². The highest BCUT2D eigenvalue weighted by Gasteiger charge is 2.21. The number of hydrogen-bond donors (Lipinski definition) is 3. The second-order valence-corrected chi connectivity index (χ2v) is 7.27. The molecule has 2 aliphatic heterocycles. The van der Waals surface area contributed by atoms with Crippen LogP contribution in [0.3, 0.4) is 0 Å². The number of rotatable bonds is 5. The molecule has 1 aromatic carbocycles. The third-order valence-corrected chi connectivity index (χ3v) is 5.25. The fraction of sp³-hybridized carbons (Fsp3) is 0.500.